The van der Waals surface area contributed by atoms with Crippen molar-refractivity contribution in [3.63, 3.8) is 0 Å². The maximum Gasteiger partial charge on any atom is 0.280 e. The van der Waals surface area contributed by atoms with Gasteiger partial charge in [-0.1, -0.05) is 0 Å². The minimum absolute atomic E-state index is 0.0163. The SMILES string of the molecule is CCn1cc(S(=O)(=O)Nc2ccc(F)cc2C#N)nc1C. The fourth-order valence-electron chi connectivity index (χ4n) is 1.82. The molecular weight excluding hydrogens is 295 g/mol. The van der Waals surface area contributed by atoms with E-state index < -0.39 is 15.8 Å². The Bertz CT molecular complexity index is 821. The summed E-state index contributed by atoms with van der Waals surface area (Å²) in [6, 6.07) is 4.99. The van der Waals surface area contributed by atoms with Crippen LogP contribution in [0.15, 0.2) is 29.4 Å². The maximum atomic E-state index is 13.0. The molecule has 1 N–H and O–H groups in total. The van der Waals surface area contributed by atoms with Crippen LogP contribution in [-0.2, 0) is 16.6 Å². The lowest BCUT2D eigenvalue weighted by molar-refractivity contribution is 0.597. The number of benzene rings is 1. The zero-order valence-electron chi connectivity index (χ0n) is 11.5. The van der Waals surface area contributed by atoms with Crippen LogP contribution in [-0.4, -0.2) is 18.0 Å². The van der Waals surface area contributed by atoms with Crippen LogP contribution in [0.5, 0.6) is 0 Å². The van der Waals surface area contributed by atoms with Gasteiger partial charge in [-0.25, -0.2) is 9.37 Å². The number of rotatable bonds is 4. The fourth-order valence-corrected chi connectivity index (χ4v) is 2.91. The van der Waals surface area contributed by atoms with Gasteiger partial charge in [0, 0.05) is 12.7 Å². The van der Waals surface area contributed by atoms with Crippen LogP contribution in [0.4, 0.5) is 10.1 Å². The molecule has 8 heteroatoms. The Hall–Kier alpha value is -2.40. The Labute approximate surface area is 121 Å². The number of aryl methyl sites for hydroxylation is 2. The van der Waals surface area contributed by atoms with Crippen molar-refractivity contribution in [1.82, 2.24) is 9.55 Å². The summed E-state index contributed by atoms with van der Waals surface area (Å²) in [5, 5.41) is 8.78. The summed E-state index contributed by atoms with van der Waals surface area (Å²) < 4.78 is 41.5. The molecule has 0 radical (unpaired) electrons. The second-order valence-electron chi connectivity index (χ2n) is 4.32. The average Bonchev–Trinajstić information content (AvgIpc) is 2.82. The molecule has 1 aromatic heterocycles. The Balaban J connectivity index is 2.40. The van der Waals surface area contributed by atoms with Gasteiger partial charge in [0.2, 0.25) is 0 Å². The van der Waals surface area contributed by atoms with E-state index in [0.29, 0.717) is 12.4 Å². The Morgan fingerprint density at radius 2 is 2.19 bits per heavy atom. The van der Waals surface area contributed by atoms with Crippen LogP contribution >= 0.6 is 0 Å². The van der Waals surface area contributed by atoms with E-state index in [1.165, 1.54) is 12.3 Å². The number of nitrogens with one attached hydrogen (secondary N) is 1. The Kier molecular flexibility index (Phi) is 3.95. The lowest BCUT2D eigenvalue weighted by atomic mass is 10.2. The molecule has 1 heterocycles. The van der Waals surface area contributed by atoms with Gasteiger partial charge in [0.15, 0.2) is 5.03 Å². The van der Waals surface area contributed by atoms with Crippen molar-refractivity contribution < 1.29 is 12.8 Å². The third-order valence-electron chi connectivity index (χ3n) is 2.92. The van der Waals surface area contributed by atoms with E-state index in [0.717, 1.165) is 12.1 Å². The molecule has 2 aromatic rings. The van der Waals surface area contributed by atoms with Crippen molar-refractivity contribution in [2.45, 2.75) is 25.4 Å². The normalized spacial score (nSPS) is 11.1. The highest BCUT2D eigenvalue weighted by Gasteiger charge is 2.20. The molecular formula is C13H13FN4O2S. The van der Waals surface area contributed by atoms with Crippen molar-refractivity contribution >= 4 is 15.7 Å². The molecule has 110 valence electrons. The van der Waals surface area contributed by atoms with Crippen LogP contribution < -0.4 is 4.72 Å². The number of hydrogen-bond donors (Lipinski definition) is 1. The highest BCUT2D eigenvalue weighted by Crippen LogP contribution is 2.20. The average molecular weight is 308 g/mol. The van der Waals surface area contributed by atoms with Crippen LogP contribution in [0.2, 0.25) is 0 Å². The van der Waals surface area contributed by atoms with Crippen LogP contribution in [0.25, 0.3) is 0 Å². The van der Waals surface area contributed by atoms with E-state index in [4.69, 9.17) is 5.26 Å². The molecule has 0 aliphatic carbocycles. The Morgan fingerprint density at radius 3 is 2.76 bits per heavy atom. The smallest absolute Gasteiger partial charge is 0.280 e. The molecule has 0 aliphatic rings. The number of nitrogens with zero attached hydrogens (tertiary/aromatic N) is 3. The highest BCUT2D eigenvalue weighted by molar-refractivity contribution is 7.92. The molecule has 0 saturated carbocycles. The van der Waals surface area contributed by atoms with Crippen molar-refractivity contribution in [2.24, 2.45) is 0 Å². The standard InChI is InChI=1S/C13H13FN4O2S/c1-3-18-8-13(16-9(18)2)21(19,20)17-12-5-4-11(14)6-10(12)7-15/h4-6,8,17H,3H2,1-2H3. The zero-order valence-corrected chi connectivity index (χ0v) is 12.3. The van der Waals surface area contributed by atoms with Gasteiger partial charge in [-0.2, -0.15) is 13.7 Å². The molecule has 1 aromatic carbocycles. The number of nitriles is 1. The van der Waals surface area contributed by atoms with Gasteiger partial charge >= 0.3 is 0 Å². The molecule has 0 unspecified atom stereocenters. The first-order valence-corrected chi connectivity index (χ1v) is 7.62. The quantitative estimate of drug-likeness (QED) is 0.936. The topological polar surface area (TPSA) is 87.8 Å². The first kappa shape index (κ1) is 15.0. The van der Waals surface area contributed by atoms with Gasteiger partial charge in [0.05, 0.1) is 11.3 Å². The summed E-state index contributed by atoms with van der Waals surface area (Å²) in [4.78, 5) is 3.98. The van der Waals surface area contributed by atoms with Crippen LogP contribution in [0, 0.1) is 24.1 Å². The summed E-state index contributed by atoms with van der Waals surface area (Å²) >= 11 is 0. The minimum atomic E-state index is -3.93. The largest absolute Gasteiger partial charge is 0.334 e. The second-order valence-corrected chi connectivity index (χ2v) is 5.95. The van der Waals surface area contributed by atoms with E-state index in [9.17, 15) is 12.8 Å². The van der Waals surface area contributed by atoms with E-state index in [2.05, 4.69) is 9.71 Å². The lowest BCUT2D eigenvalue weighted by Gasteiger charge is -2.07. The molecule has 0 bridgehead atoms. The third-order valence-corrected chi connectivity index (χ3v) is 4.15. The molecule has 0 fully saturated rings. The second kappa shape index (κ2) is 5.54. The van der Waals surface area contributed by atoms with Crippen LogP contribution in [0.1, 0.15) is 18.3 Å². The van der Waals surface area contributed by atoms with Crippen molar-refractivity contribution in [3.8, 4) is 6.07 Å². The summed E-state index contributed by atoms with van der Waals surface area (Å²) in [5.41, 5.74) is -0.0761. The number of sulfonamides is 1. The maximum absolute atomic E-state index is 13.0. The van der Waals surface area contributed by atoms with Gasteiger partial charge in [-0.15, -0.1) is 0 Å². The number of imidazole rings is 1. The monoisotopic (exact) mass is 308 g/mol. The first-order valence-electron chi connectivity index (χ1n) is 6.13. The molecule has 6 nitrogen and oxygen atoms in total. The van der Waals surface area contributed by atoms with Gasteiger partial charge in [0.1, 0.15) is 17.7 Å². The van der Waals surface area contributed by atoms with Crippen molar-refractivity contribution in [1.29, 1.82) is 5.26 Å². The van der Waals surface area contributed by atoms with Gasteiger partial charge in [0.25, 0.3) is 10.0 Å². The molecule has 0 saturated heterocycles. The summed E-state index contributed by atoms with van der Waals surface area (Å²) in [6.07, 6.45) is 1.41. The number of halogens is 1. The van der Waals surface area contributed by atoms with Crippen molar-refractivity contribution in [3.05, 3.63) is 41.6 Å². The van der Waals surface area contributed by atoms with E-state index in [1.54, 1.807) is 17.6 Å². The summed E-state index contributed by atoms with van der Waals surface area (Å²) in [6.45, 7) is 4.15. The van der Waals surface area contributed by atoms with Crippen LogP contribution in [0.3, 0.4) is 0 Å². The van der Waals surface area contributed by atoms with Gasteiger partial charge in [-0.3, -0.25) is 4.72 Å². The van der Waals surface area contributed by atoms with E-state index in [1.807, 2.05) is 6.92 Å². The summed E-state index contributed by atoms with van der Waals surface area (Å²) in [7, 11) is -3.93. The lowest BCUT2D eigenvalue weighted by Crippen LogP contribution is -2.14. The molecule has 0 spiro atoms. The van der Waals surface area contributed by atoms with Gasteiger partial charge in [-0.05, 0) is 32.0 Å². The fraction of sp³-hybridized carbons (Fsp3) is 0.231. The Morgan fingerprint density at radius 1 is 1.48 bits per heavy atom. The molecule has 0 atom stereocenters. The zero-order chi connectivity index (χ0) is 15.6. The highest BCUT2D eigenvalue weighted by atomic mass is 32.2. The third kappa shape index (κ3) is 3.03. The predicted molar refractivity (Wildman–Crippen MR) is 74.6 cm³/mol. The van der Waals surface area contributed by atoms with E-state index >= 15 is 0 Å². The minimum Gasteiger partial charge on any atom is -0.334 e. The summed E-state index contributed by atoms with van der Waals surface area (Å²) in [5.74, 6) is -0.0434. The molecule has 2 rings (SSSR count). The number of anilines is 1. The predicted octanol–water partition coefficient (Wildman–Crippen LogP) is 2.02. The number of aromatic nitrogens is 2. The van der Waals surface area contributed by atoms with E-state index in [-0.39, 0.29) is 16.3 Å². The molecule has 0 amide bonds. The number of hydrogen-bond acceptors (Lipinski definition) is 4. The molecule has 0 aliphatic heterocycles. The molecule has 21 heavy (non-hydrogen) atoms. The van der Waals surface area contributed by atoms with Gasteiger partial charge < -0.3 is 4.57 Å². The van der Waals surface area contributed by atoms with Crippen molar-refractivity contribution in [2.75, 3.05) is 4.72 Å². The first-order chi connectivity index (χ1) is 9.87.